The average molecular weight is 723 g/mol. The first-order valence-corrected chi connectivity index (χ1v) is 19.3. The fraction of sp³-hybridized carbons (Fsp3) is 0.718. The Kier molecular flexibility index (Phi) is 12.0. The normalized spacial score (nSPS) is 23.4. The van der Waals surface area contributed by atoms with Crippen LogP contribution in [0.3, 0.4) is 0 Å². The number of fused-ring (bicyclic) bond motifs is 2. The second-order valence-corrected chi connectivity index (χ2v) is 16.7. The minimum Gasteiger partial charge on any atom is -0.354 e. The number of carbonyl (C=O) groups excluding carboxylic acids is 7. The minimum atomic E-state index is -1.03. The first-order chi connectivity index (χ1) is 24.5. The predicted molar refractivity (Wildman–Crippen MR) is 194 cm³/mol. The van der Waals surface area contributed by atoms with Gasteiger partial charge in [-0.1, -0.05) is 53.4 Å². The number of aromatic nitrogens is 1. The van der Waals surface area contributed by atoms with Gasteiger partial charge in [0.1, 0.15) is 23.8 Å². The molecule has 4 aliphatic rings. The minimum absolute atomic E-state index is 0.00330. The Morgan fingerprint density at radius 2 is 1.56 bits per heavy atom. The van der Waals surface area contributed by atoms with Gasteiger partial charge in [0.05, 0.1) is 11.6 Å². The van der Waals surface area contributed by atoms with Crippen LogP contribution in [0, 0.1) is 31.1 Å². The van der Waals surface area contributed by atoms with Gasteiger partial charge in [0.15, 0.2) is 5.78 Å². The van der Waals surface area contributed by atoms with E-state index in [0.29, 0.717) is 36.1 Å². The van der Waals surface area contributed by atoms with Crippen LogP contribution in [-0.2, 0) is 24.0 Å². The van der Waals surface area contributed by atoms with Crippen molar-refractivity contribution in [1.29, 1.82) is 0 Å². The number of H-pyrrole nitrogens is 1. The van der Waals surface area contributed by atoms with Gasteiger partial charge < -0.3 is 31.2 Å². The van der Waals surface area contributed by atoms with Gasteiger partial charge in [0.25, 0.3) is 11.8 Å². The van der Waals surface area contributed by atoms with Crippen molar-refractivity contribution in [3.8, 4) is 0 Å². The first kappa shape index (κ1) is 39.2. The third-order valence-electron chi connectivity index (χ3n) is 11.6. The van der Waals surface area contributed by atoms with Crippen molar-refractivity contribution in [2.24, 2.45) is 17.3 Å². The molecule has 286 valence electrons. The third kappa shape index (κ3) is 8.44. The molecule has 1 aromatic rings. The fourth-order valence-electron chi connectivity index (χ4n) is 8.54. The summed E-state index contributed by atoms with van der Waals surface area (Å²) < 4.78 is 0. The lowest BCUT2D eigenvalue weighted by atomic mass is 9.81. The molecule has 2 bridgehead atoms. The summed E-state index contributed by atoms with van der Waals surface area (Å²) in [4.78, 5) is 99.7. The molecule has 2 heterocycles. The van der Waals surface area contributed by atoms with Gasteiger partial charge in [-0.25, -0.2) is 0 Å². The quantitative estimate of drug-likeness (QED) is 0.144. The maximum Gasteiger partial charge on any atom is 0.289 e. The van der Waals surface area contributed by atoms with Crippen molar-refractivity contribution in [3.05, 3.63) is 22.5 Å². The van der Waals surface area contributed by atoms with Crippen LogP contribution in [0.5, 0.6) is 0 Å². The largest absolute Gasteiger partial charge is 0.354 e. The van der Waals surface area contributed by atoms with Crippen molar-refractivity contribution in [2.75, 3.05) is 0 Å². The number of hydrogen-bond acceptors (Lipinski definition) is 7. The second-order valence-electron chi connectivity index (χ2n) is 16.7. The fourth-order valence-corrected chi connectivity index (χ4v) is 8.54. The molecule has 0 radical (unpaired) electrons. The van der Waals surface area contributed by atoms with Gasteiger partial charge in [0.2, 0.25) is 23.5 Å². The van der Waals surface area contributed by atoms with E-state index in [9.17, 15) is 33.6 Å². The SMILES string of the molecule is CCCC(NC(=O)C1C2CCC(C2)N1C(=O)C(NC(=O)C(NC(=O)c1[nH]c(C)c(C)c1C(C)=O)C1CCCCC1)C(C)(C)C)C(=O)C(=O)NC1CC1. The summed E-state index contributed by atoms with van der Waals surface area (Å²) in [5.74, 6) is -3.81. The summed E-state index contributed by atoms with van der Waals surface area (Å²) in [6, 6.07) is -4.02. The number of ketones is 2. The van der Waals surface area contributed by atoms with Crippen LogP contribution in [0.15, 0.2) is 0 Å². The van der Waals surface area contributed by atoms with E-state index in [1.54, 1.807) is 18.7 Å². The summed E-state index contributed by atoms with van der Waals surface area (Å²) >= 11 is 0. The maximum absolute atomic E-state index is 14.7. The third-order valence-corrected chi connectivity index (χ3v) is 11.6. The van der Waals surface area contributed by atoms with Crippen molar-refractivity contribution in [1.82, 2.24) is 31.2 Å². The molecule has 5 amide bonds. The Hall–Kier alpha value is -4.03. The van der Waals surface area contributed by atoms with Crippen LogP contribution in [0.25, 0.3) is 0 Å². The Balaban J connectivity index is 1.37. The number of rotatable bonds is 14. The van der Waals surface area contributed by atoms with E-state index < -0.39 is 59.0 Å². The van der Waals surface area contributed by atoms with Crippen LogP contribution in [0.2, 0.25) is 0 Å². The number of nitrogens with zero attached hydrogens (tertiary/aromatic N) is 1. The highest BCUT2D eigenvalue weighted by Crippen LogP contribution is 2.44. The first-order valence-electron chi connectivity index (χ1n) is 19.3. The van der Waals surface area contributed by atoms with E-state index >= 15 is 0 Å². The van der Waals surface area contributed by atoms with Crippen LogP contribution in [0.4, 0.5) is 0 Å². The zero-order valence-electron chi connectivity index (χ0n) is 31.9. The van der Waals surface area contributed by atoms with E-state index in [2.05, 4.69) is 26.3 Å². The monoisotopic (exact) mass is 722 g/mol. The lowest BCUT2D eigenvalue weighted by molar-refractivity contribution is -0.149. The van der Waals surface area contributed by atoms with E-state index in [1.807, 2.05) is 27.7 Å². The second kappa shape index (κ2) is 15.9. The van der Waals surface area contributed by atoms with E-state index in [-0.39, 0.29) is 41.3 Å². The molecule has 1 saturated heterocycles. The molecule has 6 atom stereocenters. The summed E-state index contributed by atoms with van der Waals surface area (Å²) in [7, 11) is 0. The molecule has 4 fully saturated rings. The molecule has 13 heteroatoms. The summed E-state index contributed by atoms with van der Waals surface area (Å²) in [5.41, 5.74) is 1.01. The zero-order chi connectivity index (χ0) is 38.1. The molecule has 0 aromatic carbocycles. The summed E-state index contributed by atoms with van der Waals surface area (Å²) in [6.07, 6.45) is 8.93. The topological polar surface area (TPSA) is 187 Å². The van der Waals surface area contributed by atoms with Gasteiger partial charge in [-0.3, -0.25) is 33.6 Å². The van der Waals surface area contributed by atoms with Crippen molar-refractivity contribution >= 4 is 41.1 Å². The molecule has 3 aliphatic carbocycles. The number of piperidine rings is 1. The number of aromatic amines is 1. The lowest BCUT2D eigenvalue weighted by Crippen LogP contribution is -2.64. The lowest BCUT2D eigenvalue weighted by Gasteiger charge is -2.41. The number of hydrogen-bond donors (Lipinski definition) is 5. The standard InChI is InChI=1S/C39H58N6O7/c1-8-12-27(32(47)37(51)41-25-16-17-25)42-36(50)31-24-15-18-26(19-24)45(31)38(52)33(39(5,6)7)44-34(48)29(23-13-10-9-11-14-23)43-35(49)30-28(22(4)46)20(2)21(3)40-30/h23-27,29,31,33,40H,8-19H2,1-7H3,(H,41,51)(H,42,50)(H,43,49)(H,44,48). The number of carbonyl (C=O) groups is 7. The van der Waals surface area contributed by atoms with Crippen LogP contribution in [-0.4, -0.2) is 87.2 Å². The highest BCUT2D eigenvalue weighted by Gasteiger charge is 2.54. The molecule has 52 heavy (non-hydrogen) atoms. The van der Waals surface area contributed by atoms with Gasteiger partial charge in [-0.05, 0) is 95.0 Å². The van der Waals surface area contributed by atoms with Gasteiger partial charge >= 0.3 is 0 Å². The Morgan fingerprint density at radius 3 is 2.15 bits per heavy atom. The van der Waals surface area contributed by atoms with Gasteiger partial charge in [-0.15, -0.1) is 0 Å². The van der Waals surface area contributed by atoms with Crippen LogP contribution in [0.1, 0.15) is 144 Å². The van der Waals surface area contributed by atoms with Crippen molar-refractivity contribution in [2.45, 2.75) is 162 Å². The highest BCUT2D eigenvalue weighted by molar-refractivity contribution is 6.38. The average Bonchev–Trinajstić information content (AvgIpc) is 3.52. The molecule has 6 unspecified atom stereocenters. The summed E-state index contributed by atoms with van der Waals surface area (Å²) in [5, 5.41) is 11.5. The molecule has 13 nitrogen and oxygen atoms in total. The zero-order valence-corrected chi connectivity index (χ0v) is 31.9. The van der Waals surface area contributed by atoms with E-state index in [1.165, 1.54) is 6.92 Å². The summed E-state index contributed by atoms with van der Waals surface area (Å²) in [6.45, 7) is 12.4. The number of aryl methyl sites for hydroxylation is 1. The van der Waals surface area contributed by atoms with Crippen LogP contribution >= 0.6 is 0 Å². The molecule has 5 N–H and O–H groups in total. The maximum atomic E-state index is 14.7. The molecule has 5 rings (SSSR count). The molecule has 3 saturated carbocycles. The van der Waals surface area contributed by atoms with E-state index in [0.717, 1.165) is 57.8 Å². The number of likely N-dealkylation sites (tertiary alicyclic amines) is 1. The molecule has 1 aromatic heterocycles. The molecule has 0 spiro atoms. The molecular weight excluding hydrogens is 664 g/mol. The Bertz CT molecular complexity index is 1580. The highest BCUT2D eigenvalue weighted by atomic mass is 16.2. The molecular formula is C39H58N6O7. The Morgan fingerprint density at radius 1 is 0.885 bits per heavy atom. The predicted octanol–water partition coefficient (Wildman–Crippen LogP) is 3.56. The van der Waals surface area contributed by atoms with Gasteiger partial charge in [-0.2, -0.15) is 0 Å². The van der Waals surface area contributed by atoms with Crippen molar-refractivity contribution < 1.29 is 33.6 Å². The Labute approximate surface area is 306 Å². The molecule has 1 aliphatic heterocycles. The van der Waals surface area contributed by atoms with Gasteiger partial charge in [0, 0.05) is 17.8 Å². The number of nitrogens with one attached hydrogen (secondary N) is 5. The van der Waals surface area contributed by atoms with E-state index in [4.69, 9.17) is 0 Å². The number of amides is 5. The van der Waals surface area contributed by atoms with Crippen LogP contribution < -0.4 is 21.3 Å². The van der Waals surface area contributed by atoms with Crippen molar-refractivity contribution in [3.63, 3.8) is 0 Å². The number of Topliss-reactive ketones (excluding diaryl/α,β-unsaturated/α-hetero) is 2. The smallest absolute Gasteiger partial charge is 0.289 e.